The Morgan fingerprint density at radius 1 is 0.333 bits per heavy atom. The van der Waals surface area contributed by atoms with E-state index < -0.39 is 6.10 Å². The molecule has 0 amide bonds. The lowest BCUT2D eigenvalue weighted by molar-refractivity contribution is -0.167. The van der Waals surface area contributed by atoms with E-state index in [4.69, 9.17) is 14.2 Å². The molecule has 0 bridgehead atoms. The highest BCUT2D eigenvalue weighted by atomic mass is 16.6. The number of carbonyl (C=O) groups excluding carboxylic acids is 3. The molecule has 0 radical (unpaired) electrons. The van der Waals surface area contributed by atoms with Crippen molar-refractivity contribution in [3.8, 4) is 0 Å². The van der Waals surface area contributed by atoms with Crippen molar-refractivity contribution in [2.45, 2.75) is 298 Å². The van der Waals surface area contributed by atoms with E-state index in [1.807, 2.05) is 0 Å². The fourth-order valence-corrected chi connectivity index (χ4v) is 8.08. The fraction of sp³-hybridized carbons (Fsp3) is 0.944. The Hall–Kier alpha value is -1.59. The Morgan fingerprint density at radius 2 is 0.583 bits per heavy atom. The summed E-state index contributed by atoms with van der Waals surface area (Å²) < 4.78 is 16.8. The van der Waals surface area contributed by atoms with Crippen molar-refractivity contribution in [1.82, 2.24) is 0 Å². The molecule has 0 saturated heterocycles. The number of hydrogen-bond donors (Lipinski definition) is 0. The van der Waals surface area contributed by atoms with Gasteiger partial charge in [-0.25, -0.2) is 0 Å². The van der Waals surface area contributed by atoms with Crippen LogP contribution in [0.15, 0.2) is 0 Å². The fourth-order valence-electron chi connectivity index (χ4n) is 8.08. The molecule has 0 spiro atoms. The molecule has 0 rings (SSSR count). The number of hydrogen-bond acceptors (Lipinski definition) is 6. The van der Waals surface area contributed by atoms with Crippen LogP contribution in [-0.2, 0) is 28.6 Å². The molecule has 0 aliphatic carbocycles. The molecule has 0 aliphatic heterocycles. The Bertz CT molecular complexity index is 931. The van der Waals surface area contributed by atoms with E-state index in [2.05, 4.69) is 41.5 Å². The van der Waals surface area contributed by atoms with Crippen molar-refractivity contribution in [3.05, 3.63) is 0 Å². The predicted molar refractivity (Wildman–Crippen MR) is 256 cm³/mol. The lowest BCUT2D eigenvalue weighted by Gasteiger charge is -2.18. The van der Waals surface area contributed by atoms with E-state index in [1.54, 1.807) is 0 Å². The Labute approximate surface area is 374 Å². The number of carbonyl (C=O) groups is 3. The second-order valence-electron chi connectivity index (χ2n) is 19.7. The van der Waals surface area contributed by atoms with Gasteiger partial charge in [0.15, 0.2) is 6.10 Å². The topological polar surface area (TPSA) is 78.9 Å². The van der Waals surface area contributed by atoms with E-state index in [0.29, 0.717) is 19.3 Å². The maximum absolute atomic E-state index is 12.8. The van der Waals surface area contributed by atoms with Crippen LogP contribution in [0.2, 0.25) is 0 Å². The number of ether oxygens (including phenoxy) is 3. The summed E-state index contributed by atoms with van der Waals surface area (Å²) in [4.78, 5) is 38.0. The monoisotopic (exact) mass is 849 g/mol. The molecule has 60 heavy (non-hydrogen) atoms. The molecular formula is C54H104O6. The number of unbranched alkanes of at least 4 members (excludes halogenated alkanes) is 29. The SMILES string of the molecule is CCC(C)CCCCCCCCCCCCC(=O)OC[C@H](COC(=O)CCCCCCCCCCCCCCCCC(C)C)OC(=O)CCCCCCCCCCC(C)C. The van der Waals surface area contributed by atoms with E-state index in [9.17, 15) is 14.4 Å². The van der Waals surface area contributed by atoms with Crippen LogP contribution in [0.1, 0.15) is 292 Å². The van der Waals surface area contributed by atoms with Gasteiger partial charge in [0.25, 0.3) is 0 Å². The molecule has 356 valence electrons. The van der Waals surface area contributed by atoms with E-state index >= 15 is 0 Å². The van der Waals surface area contributed by atoms with Crippen LogP contribution < -0.4 is 0 Å². The van der Waals surface area contributed by atoms with Gasteiger partial charge in [-0.1, -0.05) is 253 Å². The lowest BCUT2D eigenvalue weighted by Crippen LogP contribution is -2.30. The maximum Gasteiger partial charge on any atom is 0.306 e. The minimum absolute atomic E-state index is 0.0648. The minimum atomic E-state index is -0.763. The van der Waals surface area contributed by atoms with Gasteiger partial charge in [0.05, 0.1) is 0 Å². The molecule has 2 atom stereocenters. The largest absolute Gasteiger partial charge is 0.462 e. The highest BCUT2D eigenvalue weighted by Crippen LogP contribution is 2.18. The first kappa shape index (κ1) is 58.4. The van der Waals surface area contributed by atoms with Crippen molar-refractivity contribution < 1.29 is 28.6 Å². The van der Waals surface area contributed by atoms with Crippen molar-refractivity contribution in [3.63, 3.8) is 0 Å². The summed E-state index contributed by atoms with van der Waals surface area (Å²) in [5.41, 5.74) is 0. The number of rotatable bonds is 47. The van der Waals surface area contributed by atoms with Crippen LogP contribution in [0.25, 0.3) is 0 Å². The molecule has 0 saturated carbocycles. The molecular weight excluding hydrogens is 745 g/mol. The molecule has 6 heteroatoms. The third kappa shape index (κ3) is 45.9. The van der Waals surface area contributed by atoms with Gasteiger partial charge >= 0.3 is 17.9 Å². The Morgan fingerprint density at radius 3 is 0.867 bits per heavy atom. The van der Waals surface area contributed by atoms with Gasteiger partial charge in [-0.15, -0.1) is 0 Å². The van der Waals surface area contributed by atoms with Crippen LogP contribution in [0.4, 0.5) is 0 Å². The average molecular weight is 849 g/mol. The van der Waals surface area contributed by atoms with Crippen LogP contribution in [0, 0.1) is 17.8 Å². The first-order valence-corrected chi connectivity index (χ1v) is 26.6. The van der Waals surface area contributed by atoms with Crippen molar-refractivity contribution >= 4 is 17.9 Å². The highest BCUT2D eigenvalue weighted by Gasteiger charge is 2.19. The Balaban J connectivity index is 4.29. The van der Waals surface area contributed by atoms with Crippen molar-refractivity contribution in [2.75, 3.05) is 13.2 Å². The predicted octanol–water partition coefficient (Wildman–Crippen LogP) is 17.2. The summed E-state index contributed by atoms with van der Waals surface area (Å²) in [6.07, 6.45) is 45.2. The standard InChI is InChI=1S/C54H104O6/c1-7-50(6)42-36-30-24-17-14-15-19-26-32-38-44-53(56)59-47-51(60-54(57)45-39-33-27-21-20-23-29-35-41-49(4)5)46-58-52(55)43-37-31-25-18-13-11-9-8-10-12-16-22-28-34-40-48(2)3/h48-51H,7-47H2,1-6H3/t50?,51-/m0/s1. The second-order valence-corrected chi connectivity index (χ2v) is 19.7. The first-order chi connectivity index (χ1) is 29.1. The van der Waals surface area contributed by atoms with Gasteiger partial charge in [-0.3, -0.25) is 14.4 Å². The molecule has 0 heterocycles. The van der Waals surface area contributed by atoms with Crippen LogP contribution >= 0.6 is 0 Å². The summed E-state index contributed by atoms with van der Waals surface area (Å²) in [5, 5.41) is 0. The van der Waals surface area contributed by atoms with Crippen molar-refractivity contribution in [2.24, 2.45) is 17.8 Å². The van der Waals surface area contributed by atoms with E-state index in [0.717, 1.165) is 75.5 Å². The quantitative estimate of drug-likeness (QED) is 0.0345. The van der Waals surface area contributed by atoms with Crippen LogP contribution in [0.3, 0.4) is 0 Å². The van der Waals surface area contributed by atoms with Crippen molar-refractivity contribution in [1.29, 1.82) is 0 Å². The minimum Gasteiger partial charge on any atom is -0.462 e. The molecule has 0 aromatic carbocycles. The van der Waals surface area contributed by atoms with Gasteiger partial charge in [0.1, 0.15) is 13.2 Å². The zero-order chi connectivity index (χ0) is 44.2. The molecule has 0 aliphatic rings. The second kappa shape index (κ2) is 45.4. The third-order valence-electron chi connectivity index (χ3n) is 12.5. The maximum atomic E-state index is 12.8. The summed E-state index contributed by atoms with van der Waals surface area (Å²) in [7, 11) is 0. The molecule has 0 aromatic heterocycles. The Kier molecular flexibility index (Phi) is 44.2. The first-order valence-electron chi connectivity index (χ1n) is 26.6. The molecule has 0 N–H and O–H groups in total. The summed E-state index contributed by atoms with van der Waals surface area (Å²) in [6.45, 7) is 13.7. The summed E-state index contributed by atoms with van der Waals surface area (Å²) >= 11 is 0. The molecule has 0 fully saturated rings. The van der Waals surface area contributed by atoms with Gasteiger partial charge in [-0.2, -0.15) is 0 Å². The highest BCUT2D eigenvalue weighted by molar-refractivity contribution is 5.71. The zero-order valence-corrected chi connectivity index (χ0v) is 41.3. The van der Waals surface area contributed by atoms with Crippen LogP contribution in [-0.4, -0.2) is 37.2 Å². The van der Waals surface area contributed by atoms with Gasteiger partial charge in [0.2, 0.25) is 0 Å². The third-order valence-corrected chi connectivity index (χ3v) is 12.5. The normalized spacial score (nSPS) is 12.6. The van der Waals surface area contributed by atoms with Crippen LogP contribution in [0.5, 0.6) is 0 Å². The van der Waals surface area contributed by atoms with Gasteiger partial charge in [-0.05, 0) is 37.0 Å². The molecule has 6 nitrogen and oxygen atoms in total. The van der Waals surface area contributed by atoms with Gasteiger partial charge in [0, 0.05) is 19.3 Å². The smallest absolute Gasteiger partial charge is 0.306 e. The number of esters is 3. The lowest BCUT2D eigenvalue weighted by atomic mass is 9.99. The summed E-state index contributed by atoms with van der Waals surface area (Å²) in [5.74, 6) is 1.66. The van der Waals surface area contributed by atoms with E-state index in [1.165, 1.54) is 173 Å². The summed E-state index contributed by atoms with van der Waals surface area (Å²) in [6, 6.07) is 0. The molecule has 0 aromatic rings. The zero-order valence-electron chi connectivity index (χ0n) is 41.3. The average Bonchev–Trinajstić information content (AvgIpc) is 3.22. The van der Waals surface area contributed by atoms with E-state index in [-0.39, 0.29) is 31.1 Å². The molecule has 1 unspecified atom stereocenters. The van der Waals surface area contributed by atoms with Gasteiger partial charge < -0.3 is 14.2 Å².